The third-order valence-corrected chi connectivity index (χ3v) is 2.63. The molecule has 0 unspecified atom stereocenters. The van der Waals surface area contributed by atoms with Gasteiger partial charge in [0.05, 0.1) is 5.69 Å². The Labute approximate surface area is 105 Å². The van der Waals surface area contributed by atoms with Crippen LogP contribution >= 0.6 is 0 Å². The van der Waals surface area contributed by atoms with Crippen molar-refractivity contribution in [2.75, 3.05) is 6.54 Å². The number of benzene rings is 1. The van der Waals surface area contributed by atoms with Gasteiger partial charge in [-0.25, -0.2) is 4.39 Å². The molecule has 0 fully saturated rings. The van der Waals surface area contributed by atoms with Crippen molar-refractivity contribution in [2.24, 2.45) is 5.73 Å². The van der Waals surface area contributed by atoms with Gasteiger partial charge in [0.25, 0.3) is 0 Å². The molecule has 2 N–H and O–H groups in total. The third kappa shape index (κ3) is 2.65. The molecule has 2 aromatic rings. The minimum atomic E-state index is -0.385. The molecule has 4 heteroatoms. The van der Waals surface area contributed by atoms with Crippen LogP contribution in [0.25, 0.3) is 0 Å². The number of nitrogens with two attached hydrogens (primary N) is 1. The predicted octanol–water partition coefficient (Wildman–Crippen LogP) is 2.82. The topological polar surface area (TPSA) is 48.1 Å². The van der Waals surface area contributed by atoms with E-state index in [1.54, 1.807) is 24.4 Å². The lowest BCUT2D eigenvalue weighted by Gasteiger charge is -2.12. The second kappa shape index (κ2) is 5.60. The van der Waals surface area contributed by atoms with Crippen molar-refractivity contribution in [2.45, 2.75) is 13.3 Å². The van der Waals surface area contributed by atoms with Gasteiger partial charge in [0.1, 0.15) is 5.75 Å². The lowest BCUT2D eigenvalue weighted by atomic mass is 10.1. The van der Waals surface area contributed by atoms with Gasteiger partial charge < -0.3 is 10.5 Å². The Morgan fingerprint density at radius 2 is 2.11 bits per heavy atom. The Morgan fingerprint density at radius 1 is 1.28 bits per heavy atom. The van der Waals surface area contributed by atoms with E-state index in [-0.39, 0.29) is 11.6 Å². The first-order chi connectivity index (χ1) is 8.72. The van der Waals surface area contributed by atoms with Crippen LogP contribution in [0.4, 0.5) is 4.39 Å². The Hall–Kier alpha value is -1.94. The molecule has 1 aromatic carbocycles. The highest BCUT2D eigenvalue weighted by Gasteiger charge is 2.11. The van der Waals surface area contributed by atoms with Gasteiger partial charge in [-0.3, -0.25) is 4.98 Å². The highest BCUT2D eigenvalue weighted by molar-refractivity contribution is 5.40. The largest absolute Gasteiger partial charge is 0.452 e. The van der Waals surface area contributed by atoms with Gasteiger partial charge in [0.15, 0.2) is 11.6 Å². The third-order valence-electron chi connectivity index (χ3n) is 2.63. The van der Waals surface area contributed by atoms with Crippen LogP contribution < -0.4 is 10.5 Å². The molecule has 0 spiro atoms. The normalized spacial score (nSPS) is 10.4. The van der Waals surface area contributed by atoms with E-state index in [9.17, 15) is 4.39 Å². The van der Waals surface area contributed by atoms with Crippen molar-refractivity contribution in [1.82, 2.24) is 4.98 Å². The van der Waals surface area contributed by atoms with E-state index >= 15 is 0 Å². The van der Waals surface area contributed by atoms with E-state index in [0.717, 1.165) is 11.3 Å². The van der Waals surface area contributed by atoms with Crippen LogP contribution in [0.2, 0.25) is 0 Å². The highest BCUT2D eigenvalue weighted by Crippen LogP contribution is 2.29. The minimum absolute atomic E-state index is 0.235. The maximum atomic E-state index is 13.8. The Morgan fingerprint density at radius 3 is 2.83 bits per heavy atom. The molecule has 0 aliphatic carbocycles. The number of para-hydroxylation sites is 1. The lowest BCUT2D eigenvalue weighted by molar-refractivity contribution is 0.431. The summed E-state index contributed by atoms with van der Waals surface area (Å²) >= 11 is 0. The van der Waals surface area contributed by atoms with Crippen molar-refractivity contribution >= 4 is 0 Å². The fraction of sp³-hybridized carbons (Fsp3) is 0.214. The fourth-order valence-electron chi connectivity index (χ4n) is 1.71. The molecular formula is C14H15FN2O. The van der Waals surface area contributed by atoms with Gasteiger partial charge in [-0.05, 0) is 43.7 Å². The summed E-state index contributed by atoms with van der Waals surface area (Å²) in [5.41, 5.74) is 7.00. The number of ether oxygens (including phenoxy) is 1. The summed E-state index contributed by atoms with van der Waals surface area (Å²) in [6, 6.07) is 8.37. The first kappa shape index (κ1) is 12.5. The summed E-state index contributed by atoms with van der Waals surface area (Å²) in [5.74, 6) is 0.407. The molecule has 0 aliphatic heterocycles. The Bertz CT molecular complexity index is 543. The number of rotatable bonds is 4. The van der Waals surface area contributed by atoms with Crippen LogP contribution in [0.3, 0.4) is 0 Å². The maximum Gasteiger partial charge on any atom is 0.166 e. The second-order valence-corrected chi connectivity index (χ2v) is 3.96. The number of hydrogen-bond acceptors (Lipinski definition) is 3. The van der Waals surface area contributed by atoms with E-state index in [2.05, 4.69) is 4.98 Å². The molecule has 0 radical (unpaired) electrons. The number of aryl methyl sites for hydroxylation is 1. The molecule has 18 heavy (non-hydrogen) atoms. The predicted molar refractivity (Wildman–Crippen MR) is 68.2 cm³/mol. The van der Waals surface area contributed by atoms with E-state index < -0.39 is 0 Å². The molecule has 0 saturated heterocycles. The van der Waals surface area contributed by atoms with Gasteiger partial charge in [-0.2, -0.15) is 0 Å². The van der Waals surface area contributed by atoms with Gasteiger partial charge >= 0.3 is 0 Å². The molecule has 0 amide bonds. The number of hydrogen-bond donors (Lipinski definition) is 1. The smallest absolute Gasteiger partial charge is 0.166 e. The van der Waals surface area contributed by atoms with Crippen molar-refractivity contribution in [1.29, 1.82) is 0 Å². The summed E-state index contributed by atoms with van der Waals surface area (Å²) in [6.45, 7) is 2.27. The Kier molecular flexibility index (Phi) is 3.89. The maximum absolute atomic E-state index is 13.8. The van der Waals surface area contributed by atoms with Crippen LogP contribution in [-0.2, 0) is 6.42 Å². The zero-order chi connectivity index (χ0) is 13.0. The standard InChI is InChI=1S/C14H15FN2O/c1-10-13(6-3-9-17-10)18-14-11(7-8-16)4-2-5-12(14)15/h2-6,9H,7-8,16H2,1H3. The first-order valence-electron chi connectivity index (χ1n) is 5.79. The average Bonchev–Trinajstić information content (AvgIpc) is 2.36. The van der Waals surface area contributed by atoms with Crippen LogP contribution in [0, 0.1) is 12.7 Å². The summed E-state index contributed by atoms with van der Waals surface area (Å²) in [6.07, 6.45) is 2.25. The van der Waals surface area contributed by atoms with Gasteiger partial charge in [0, 0.05) is 6.20 Å². The van der Waals surface area contributed by atoms with Crippen molar-refractivity contribution in [3.05, 3.63) is 53.6 Å². The Balaban J connectivity index is 2.36. The molecule has 94 valence electrons. The summed E-state index contributed by atoms with van der Waals surface area (Å²) in [5, 5.41) is 0. The number of halogens is 1. The van der Waals surface area contributed by atoms with Crippen LogP contribution in [0.5, 0.6) is 11.5 Å². The average molecular weight is 246 g/mol. The summed E-state index contributed by atoms with van der Waals surface area (Å²) in [4.78, 5) is 4.11. The molecule has 0 atom stereocenters. The van der Waals surface area contributed by atoms with E-state index in [1.807, 2.05) is 13.0 Å². The number of aromatic nitrogens is 1. The van der Waals surface area contributed by atoms with Crippen LogP contribution in [0.1, 0.15) is 11.3 Å². The highest BCUT2D eigenvalue weighted by atomic mass is 19.1. The molecule has 2 rings (SSSR count). The summed E-state index contributed by atoms with van der Waals surface area (Å²) < 4.78 is 19.4. The van der Waals surface area contributed by atoms with E-state index in [1.165, 1.54) is 6.07 Å². The molecule has 0 bridgehead atoms. The molecule has 3 nitrogen and oxygen atoms in total. The van der Waals surface area contributed by atoms with Crippen molar-refractivity contribution in [3.63, 3.8) is 0 Å². The van der Waals surface area contributed by atoms with Crippen LogP contribution in [0.15, 0.2) is 36.5 Å². The van der Waals surface area contributed by atoms with Crippen LogP contribution in [-0.4, -0.2) is 11.5 Å². The second-order valence-electron chi connectivity index (χ2n) is 3.96. The molecular weight excluding hydrogens is 231 g/mol. The SMILES string of the molecule is Cc1ncccc1Oc1c(F)cccc1CCN. The van der Waals surface area contributed by atoms with Gasteiger partial charge in [-0.1, -0.05) is 12.1 Å². The molecule has 0 aliphatic rings. The molecule has 1 aromatic heterocycles. The molecule has 0 saturated carbocycles. The van der Waals surface area contributed by atoms with E-state index in [0.29, 0.717) is 18.7 Å². The van der Waals surface area contributed by atoms with E-state index in [4.69, 9.17) is 10.5 Å². The zero-order valence-corrected chi connectivity index (χ0v) is 10.2. The lowest BCUT2D eigenvalue weighted by Crippen LogP contribution is -2.05. The number of pyridine rings is 1. The zero-order valence-electron chi connectivity index (χ0n) is 10.2. The first-order valence-corrected chi connectivity index (χ1v) is 5.79. The number of nitrogens with zero attached hydrogens (tertiary/aromatic N) is 1. The minimum Gasteiger partial charge on any atom is -0.452 e. The summed E-state index contributed by atoms with van der Waals surface area (Å²) in [7, 11) is 0. The van der Waals surface area contributed by atoms with Crippen molar-refractivity contribution in [3.8, 4) is 11.5 Å². The molecule has 1 heterocycles. The monoisotopic (exact) mass is 246 g/mol. The fourth-order valence-corrected chi connectivity index (χ4v) is 1.71. The van der Waals surface area contributed by atoms with Crippen molar-refractivity contribution < 1.29 is 9.13 Å². The van der Waals surface area contributed by atoms with Gasteiger partial charge in [0.2, 0.25) is 0 Å². The quantitative estimate of drug-likeness (QED) is 0.902. The van der Waals surface area contributed by atoms with Gasteiger partial charge in [-0.15, -0.1) is 0 Å².